The minimum Gasteiger partial charge on any atom is -0.323 e. The van der Waals surface area contributed by atoms with Gasteiger partial charge in [0.2, 0.25) is 17.7 Å². The second-order valence-corrected chi connectivity index (χ2v) is 9.84. The highest BCUT2D eigenvalue weighted by Crippen LogP contribution is 2.54. The number of likely N-dealkylation sites (tertiary alicyclic amines) is 1. The number of imide groups is 1. The van der Waals surface area contributed by atoms with Crippen molar-refractivity contribution in [2.24, 2.45) is 11.8 Å². The van der Waals surface area contributed by atoms with Crippen LogP contribution >= 0.6 is 11.6 Å². The Morgan fingerprint density at radius 2 is 1.51 bits per heavy atom. The van der Waals surface area contributed by atoms with Crippen LogP contribution in [-0.4, -0.2) is 35.2 Å². The van der Waals surface area contributed by atoms with Crippen LogP contribution in [0.4, 0.5) is 5.69 Å². The van der Waals surface area contributed by atoms with Crippen LogP contribution < -0.4 is 10.6 Å². The van der Waals surface area contributed by atoms with E-state index in [2.05, 4.69) is 10.6 Å². The molecule has 3 heterocycles. The van der Waals surface area contributed by atoms with Crippen LogP contribution in [0.1, 0.15) is 16.7 Å². The molecule has 0 aliphatic carbocycles. The number of halogens is 1. The summed E-state index contributed by atoms with van der Waals surface area (Å²) in [5.74, 6) is -2.34. The zero-order valence-corrected chi connectivity index (χ0v) is 19.7. The lowest BCUT2D eigenvalue weighted by Gasteiger charge is -2.29. The number of carbonyl (C=O) groups is 3. The van der Waals surface area contributed by atoms with Gasteiger partial charge in [-0.1, -0.05) is 84.4 Å². The van der Waals surface area contributed by atoms with Gasteiger partial charge in [-0.15, -0.1) is 0 Å². The molecule has 2 saturated heterocycles. The molecule has 0 radical (unpaired) electrons. The van der Waals surface area contributed by atoms with E-state index in [1.165, 1.54) is 4.90 Å². The molecule has 0 bridgehead atoms. The highest BCUT2D eigenvalue weighted by molar-refractivity contribution is 6.35. The number of para-hydroxylation sites is 1. The number of hydrogen-bond acceptors (Lipinski definition) is 4. The molecule has 3 amide bonds. The highest BCUT2D eigenvalue weighted by atomic mass is 35.5. The monoisotopic (exact) mass is 485 g/mol. The minimum atomic E-state index is -1.33. The van der Waals surface area contributed by atoms with Crippen LogP contribution in [0.5, 0.6) is 0 Å². The Kier molecular flexibility index (Phi) is 5.24. The number of nitrogens with zero attached hydrogens (tertiary/aromatic N) is 1. The number of amides is 3. The van der Waals surface area contributed by atoms with Crippen molar-refractivity contribution in [3.63, 3.8) is 0 Å². The molecule has 3 aliphatic heterocycles. The number of carbonyl (C=O) groups excluding carboxylic acids is 3. The summed E-state index contributed by atoms with van der Waals surface area (Å²) < 4.78 is 0. The molecular weight excluding hydrogens is 462 g/mol. The van der Waals surface area contributed by atoms with Crippen LogP contribution in [0.25, 0.3) is 0 Å². The summed E-state index contributed by atoms with van der Waals surface area (Å²) in [6, 6.07) is 24.5. The molecule has 3 aromatic rings. The fourth-order valence-corrected chi connectivity index (χ4v) is 6.22. The third-order valence-corrected chi connectivity index (χ3v) is 7.87. The molecule has 6 rings (SSSR count). The first-order chi connectivity index (χ1) is 17.0. The van der Waals surface area contributed by atoms with Gasteiger partial charge in [-0.25, -0.2) is 0 Å². The fraction of sp³-hybridized carbons (Fsp3) is 0.250. The second kappa shape index (κ2) is 8.33. The van der Waals surface area contributed by atoms with E-state index in [1.807, 2.05) is 66.7 Å². The van der Waals surface area contributed by atoms with Gasteiger partial charge in [-0.05, 0) is 30.0 Å². The Hall–Kier alpha value is -3.48. The lowest BCUT2D eigenvalue weighted by molar-refractivity contribution is -0.142. The molecule has 0 saturated carbocycles. The predicted molar refractivity (Wildman–Crippen MR) is 133 cm³/mol. The molecule has 3 aromatic carbocycles. The SMILES string of the molecule is O=C1[C@@H]2C(Cc3ccccc3)NC3(C(=O)Nc4c(Cl)cccc43)[C@@H]2C(=O)N1CCc1ccccc1. The van der Waals surface area contributed by atoms with Gasteiger partial charge in [0, 0.05) is 18.2 Å². The van der Waals surface area contributed by atoms with E-state index < -0.39 is 17.4 Å². The lowest BCUT2D eigenvalue weighted by atomic mass is 9.76. The Morgan fingerprint density at radius 1 is 0.829 bits per heavy atom. The predicted octanol–water partition coefficient (Wildman–Crippen LogP) is 3.55. The molecule has 6 nitrogen and oxygen atoms in total. The maximum absolute atomic E-state index is 13.9. The van der Waals surface area contributed by atoms with Crippen LogP contribution in [0.3, 0.4) is 0 Å². The summed E-state index contributed by atoms with van der Waals surface area (Å²) in [4.78, 5) is 42.6. The van der Waals surface area contributed by atoms with Crippen LogP contribution in [0.2, 0.25) is 5.02 Å². The number of nitrogens with one attached hydrogen (secondary N) is 2. The van der Waals surface area contributed by atoms with Gasteiger partial charge in [0.05, 0.1) is 22.5 Å². The second-order valence-electron chi connectivity index (χ2n) is 9.43. The van der Waals surface area contributed by atoms with Gasteiger partial charge in [0.15, 0.2) is 0 Å². The average molecular weight is 486 g/mol. The Bertz CT molecular complexity index is 1330. The molecule has 1 spiro atoms. The summed E-state index contributed by atoms with van der Waals surface area (Å²) in [5.41, 5.74) is 1.89. The first-order valence-corrected chi connectivity index (χ1v) is 12.2. The molecule has 35 heavy (non-hydrogen) atoms. The van der Waals surface area contributed by atoms with Crippen LogP contribution in [0, 0.1) is 11.8 Å². The zero-order chi connectivity index (χ0) is 24.2. The number of hydrogen-bond donors (Lipinski definition) is 2. The average Bonchev–Trinajstić information content (AvgIpc) is 3.45. The first kappa shape index (κ1) is 22.0. The summed E-state index contributed by atoms with van der Waals surface area (Å²) in [6.07, 6.45) is 1.09. The van der Waals surface area contributed by atoms with Gasteiger partial charge in [-0.2, -0.15) is 0 Å². The largest absolute Gasteiger partial charge is 0.323 e. The first-order valence-electron chi connectivity index (χ1n) is 11.8. The Balaban J connectivity index is 1.41. The van der Waals surface area contributed by atoms with Gasteiger partial charge in [0.1, 0.15) is 5.54 Å². The summed E-state index contributed by atoms with van der Waals surface area (Å²) >= 11 is 6.41. The number of anilines is 1. The van der Waals surface area contributed by atoms with Gasteiger partial charge in [0.25, 0.3) is 0 Å². The van der Waals surface area contributed by atoms with Gasteiger partial charge >= 0.3 is 0 Å². The fourth-order valence-electron chi connectivity index (χ4n) is 6.00. The normalized spacial score (nSPS) is 26.8. The third kappa shape index (κ3) is 3.32. The summed E-state index contributed by atoms with van der Waals surface area (Å²) in [5, 5.41) is 6.77. The van der Waals surface area contributed by atoms with Crippen LogP contribution in [-0.2, 0) is 32.8 Å². The standard InChI is InChI=1S/C28H24ClN3O3/c29-20-13-7-12-19-24(20)30-27(35)28(19)23-22(21(31-28)16-18-10-5-2-6-11-18)25(33)32(26(23)34)15-14-17-8-3-1-4-9-17/h1-13,21-23,31H,14-16H2,(H,30,35)/t21?,22-,23+,28?/m1/s1. The summed E-state index contributed by atoms with van der Waals surface area (Å²) in [6.45, 7) is 0.285. The molecule has 4 atom stereocenters. The smallest absolute Gasteiger partial charge is 0.250 e. The molecule has 7 heteroatoms. The van der Waals surface area contributed by atoms with Crippen LogP contribution in [0.15, 0.2) is 78.9 Å². The van der Waals surface area contributed by atoms with E-state index in [1.54, 1.807) is 12.1 Å². The van der Waals surface area contributed by atoms with Crippen molar-refractivity contribution in [2.45, 2.75) is 24.4 Å². The van der Waals surface area contributed by atoms with Crippen molar-refractivity contribution in [3.8, 4) is 0 Å². The van der Waals surface area contributed by atoms with E-state index in [0.29, 0.717) is 29.1 Å². The van der Waals surface area contributed by atoms with Gasteiger partial charge < -0.3 is 5.32 Å². The molecule has 0 aromatic heterocycles. The zero-order valence-electron chi connectivity index (χ0n) is 18.9. The van der Waals surface area contributed by atoms with Crippen molar-refractivity contribution in [1.82, 2.24) is 10.2 Å². The van der Waals surface area contributed by atoms with E-state index >= 15 is 0 Å². The molecule has 176 valence electrons. The molecular formula is C28H24ClN3O3. The van der Waals surface area contributed by atoms with E-state index in [4.69, 9.17) is 11.6 Å². The Labute approximate surface area is 208 Å². The van der Waals surface area contributed by atoms with E-state index in [0.717, 1.165) is 11.1 Å². The van der Waals surface area contributed by atoms with Crippen molar-refractivity contribution in [3.05, 3.63) is 101 Å². The number of rotatable bonds is 5. The Morgan fingerprint density at radius 3 is 2.23 bits per heavy atom. The minimum absolute atomic E-state index is 0.218. The molecule has 2 N–H and O–H groups in total. The summed E-state index contributed by atoms with van der Waals surface area (Å²) in [7, 11) is 0. The topological polar surface area (TPSA) is 78.5 Å². The van der Waals surface area contributed by atoms with E-state index in [9.17, 15) is 14.4 Å². The van der Waals surface area contributed by atoms with Crippen molar-refractivity contribution in [1.29, 1.82) is 0 Å². The van der Waals surface area contributed by atoms with Crippen molar-refractivity contribution >= 4 is 35.0 Å². The third-order valence-electron chi connectivity index (χ3n) is 7.56. The van der Waals surface area contributed by atoms with E-state index in [-0.39, 0.29) is 30.3 Å². The quantitative estimate of drug-likeness (QED) is 0.542. The maximum atomic E-state index is 13.9. The lowest BCUT2D eigenvalue weighted by Crippen LogP contribution is -2.53. The molecule has 2 unspecified atom stereocenters. The molecule has 3 aliphatic rings. The number of fused-ring (bicyclic) bond motifs is 4. The van der Waals surface area contributed by atoms with Crippen molar-refractivity contribution < 1.29 is 14.4 Å². The molecule has 2 fully saturated rings. The highest BCUT2D eigenvalue weighted by Gasteiger charge is 2.70. The van der Waals surface area contributed by atoms with Gasteiger partial charge in [-0.3, -0.25) is 24.6 Å². The maximum Gasteiger partial charge on any atom is 0.250 e. The number of benzene rings is 3. The van der Waals surface area contributed by atoms with Crippen molar-refractivity contribution in [2.75, 3.05) is 11.9 Å².